The zero-order chi connectivity index (χ0) is 39.6. The van der Waals surface area contributed by atoms with Gasteiger partial charge in [0.1, 0.15) is 0 Å². The number of nitrogens with zero attached hydrogens (tertiary/aromatic N) is 3. The summed E-state index contributed by atoms with van der Waals surface area (Å²) in [5.74, 6) is 0.645. The first-order valence-corrected chi connectivity index (χ1v) is 21.1. The first-order valence-electron chi connectivity index (χ1n) is 20.3. The highest BCUT2D eigenvalue weighted by Crippen LogP contribution is 2.43. The third kappa shape index (κ3) is 5.65. The van der Waals surface area contributed by atoms with Crippen molar-refractivity contribution in [2.45, 2.75) is 0 Å². The van der Waals surface area contributed by atoms with E-state index >= 15 is 0 Å². The van der Waals surface area contributed by atoms with Crippen molar-refractivity contribution in [3.05, 3.63) is 212 Å². The van der Waals surface area contributed by atoms with Gasteiger partial charge in [0.25, 0.3) is 0 Å². The molecule has 3 heterocycles. The fraction of sp³-hybridized carbons (Fsp3) is 0. The Bertz CT molecular complexity index is 3600. The Balaban J connectivity index is 1.07. The summed E-state index contributed by atoms with van der Waals surface area (Å²) in [5, 5.41) is 5.97. The molecular formula is C56H35N3S. The molecule has 3 aromatic heterocycles. The van der Waals surface area contributed by atoms with Crippen LogP contribution in [0.5, 0.6) is 0 Å². The van der Waals surface area contributed by atoms with E-state index in [1.54, 1.807) is 0 Å². The molecule has 0 aliphatic rings. The topological polar surface area (TPSA) is 30.7 Å². The van der Waals surface area contributed by atoms with E-state index < -0.39 is 0 Å². The molecule has 0 bridgehead atoms. The molecule has 12 rings (SSSR count). The van der Waals surface area contributed by atoms with E-state index in [0.717, 1.165) is 60.7 Å². The molecule has 280 valence electrons. The van der Waals surface area contributed by atoms with Crippen molar-refractivity contribution in [1.29, 1.82) is 0 Å². The second-order valence-corrected chi connectivity index (χ2v) is 16.4. The lowest BCUT2D eigenvalue weighted by Crippen LogP contribution is -2.04. The molecule has 0 amide bonds. The quantitative estimate of drug-likeness (QED) is 0.168. The number of para-hydroxylation sites is 2. The number of benzene rings is 9. The van der Waals surface area contributed by atoms with Crippen LogP contribution in [0, 0.1) is 0 Å². The van der Waals surface area contributed by atoms with Gasteiger partial charge in [0.05, 0.1) is 22.2 Å². The zero-order valence-electron chi connectivity index (χ0n) is 32.5. The van der Waals surface area contributed by atoms with Crippen molar-refractivity contribution < 1.29 is 0 Å². The number of hydrogen-bond acceptors (Lipinski definition) is 3. The Morgan fingerprint density at radius 3 is 1.72 bits per heavy atom. The van der Waals surface area contributed by atoms with Crippen LogP contribution in [0.2, 0.25) is 0 Å². The molecule has 4 heteroatoms. The first kappa shape index (κ1) is 34.4. The average Bonchev–Trinajstić information content (AvgIpc) is 3.88. The summed E-state index contributed by atoms with van der Waals surface area (Å²) in [4.78, 5) is 10.7. The molecule has 0 unspecified atom stereocenters. The summed E-state index contributed by atoms with van der Waals surface area (Å²) in [6.07, 6.45) is 0. The van der Waals surface area contributed by atoms with E-state index in [2.05, 4.69) is 211 Å². The van der Waals surface area contributed by atoms with Crippen LogP contribution in [-0.2, 0) is 0 Å². The fourth-order valence-electron chi connectivity index (χ4n) is 9.05. The summed E-state index contributed by atoms with van der Waals surface area (Å²) in [5.41, 5.74) is 14.4. The Morgan fingerprint density at radius 2 is 0.917 bits per heavy atom. The molecule has 0 fully saturated rings. The van der Waals surface area contributed by atoms with Gasteiger partial charge in [0, 0.05) is 47.5 Å². The number of thiophene rings is 1. The molecular weight excluding hydrogens is 747 g/mol. The normalized spacial score (nSPS) is 11.7. The van der Waals surface area contributed by atoms with Gasteiger partial charge >= 0.3 is 0 Å². The molecule has 3 nitrogen and oxygen atoms in total. The van der Waals surface area contributed by atoms with Crippen LogP contribution in [0.25, 0.3) is 115 Å². The second-order valence-electron chi connectivity index (χ2n) is 15.3. The van der Waals surface area contributed by atoms with Crippen LogP contribution < -0.4 is 0 Å². The van der Waals surface area contributed by atoms with Crippen LogP contribution in [0.15, 0.2) is 212 Å². The van der Waals surface area contributed by atoms with Gasteiger partial charge in [-0.1, -0.05) is 170 Å². The Kier molecular flexibility index (Phi) is 8.03. The Morgan fingerprint density at radius 1 is 0.350 bits per heavy atom. The molecule has 0 atom stereocenters. The molecule has 9 aromatic carbocycles. The van der Waals surface area contributed by atoms with Gasteiger partial charge in [-0.25, -0.2) is 9.97 Å². The molecule has 12 aromatic rings. The first-order chi connectivity index (χ1) is 29.7. The number of fused-ring (bicyclic) bond motifs is 7. The lowest BCUT2D eigenvalue weighted by molar-refractivity contribution is 1.01. The molecule has 0 saturated carbocycles. The molecule has 0 aliphatic heterocycles. The lowest BCUT2D eigenvalue weighted by Gasteiger charge is -2.14. The van der Waals surface area contributed by atoms with E-state index in [-0.39, 0.29) is 0 Å². The van der Waals surface area contributed by atoms with E-state index in [0.29, 0.717) is 5.95 Å². The summed E-state index contributed by atoms with van der Waals surface area (Å²) in [7, 11) is 0. The van der Waals surface area contributed by atoms with Gasteiger partial charge < -0.3 is 0 Å². The van der Waals surface area contributed by atoms with Crippen LogP contribution in [0.4, 0.5) is 0 Å². The van der Waals surface area contributed by atoms with Crippen molar-refractivity contribution in [1.82, 2.24) is 14.5 Å². The number of hydrogen-bond donors (Lipinski definition) is 0. The standard InChI is InChI=1S/C56H35N3S/c1-3-15-36(16-4-1)40-31-32-50-48(35-40)45-27-13-26-44(55(45)59(50)56-57-49-28-9-7-23-46(49)54(58-56)37-17-5-2-6-18-37)42-22-12-20-39(34-42)38-19-11-21-41(33-38)43-25-14-30-52-53(43)47-24-8-10-29-51(47)60-52/h1-35H. The maximum Gasteiger partial charge on any atom is 0.235 e. The highest BCUT2D eigenvalue weighted by Gasteiger charge is 2.21. The van der Waals surface area contributed by atoms with Crippen LogP contribution >= 0.6 is 11.3 Å². The lowest BCUT2D eigenvalue weighted by atomic mass is 9.94. The van der Waals surface area contributed by atoms with E-state index in [9.17, 15) is 0 Å². The Labute approximate surface area is 351 Å². The summed E-state index contributed by atoms with van der Waals surface area (Å²) < 4.78 is 4.91. The van der Waals surface area contributed by atoms with E-state index in [1.807, 2.05) is 17.4 Å². The monoisotopic (exact) mass is 781 g/mol. The minimum absolute atomic E-state index is 0.645. The van der Waals surface area contributed by atoms with E-state index in [1.165, 1.54) is 48.0 Å². The van der Waals surface area contributed by atoms with Crippen LogP contribution in [0.1, 0.15) is 0 Å². The van der Waals surface area contributed by atoms with Crippen molar-refractivity contribution >= 4 is 64.2 Å². The Hall–Kier alpha value is -7.66. The van der Waals surface area contributed by atoms with Gasteiger partial charge in [-0.3, -0.25) is 4.57 Å². The number of aromatic nitrogens is 3. The molecule has 60 heavy (non-hydrogen) atoms. The van der Waals surface area contributed by atoms with Gasteiger partial charge in [-0.15, -0.1) is 11.3 Å². The predicted molar refractivity (Wildman–Crippen MR) is 254 cm³/mol. The third-order valence-corrected chi connectivity index (χ3v) is 13.0. The summed E-state index contributed by atoms with van der Waals surface area (Å²) >= 11 is 1.86. The van der Waals surface area contributed by atoms with Gasteiger partial charge in [-0.2, -0.15) is 0 Å². The highest BCUT2D eigenvalue weighted by atomic mass is 32.1. The second kappa shape index (κ2) is 14.0. The molecule has 0 radical (unpaired) electrons. The third-order valence-electron chi connectivity index (χ3n) is 11.8. The van der Waals surface area contributed by atoms with Crippen molar-refractivity contribution in [3.8, 4) is 61.7 Å². The molecule has 0 saturated heterocycles. The van der Waals surface area contributed by atoms with Crippen molar-refractivity contribution in [3.63, 3.8) is 0 Å². The maximum absolute atomic E-state index is 5.42. The molecule has 0 N–H and O–H groups in total. The summed E-state index contributed by atoms with van der Waals surface area (Å²) in [6, 6.07) is 76.3. The summed E-state index contributed by atoms with van der Waals surface area (Å²) in [6.45, 7) is 0. The van der Waals surface area contributed by atoms with Gasteiger partial charge in [0.2, 0.25) is 5.95 Å². The SMILES string of the molecule is c1ccc(-c2ccc3c(c2)c2cccc(-c4cccc(-c5cccc(-c6cccc7sc8ccccc8c67)c5)c4)c2n3-c2nc(-c3ccccc3)c3ccccc3n2)cc1. The van der Waals surface area contributed by atoms with Crippen LogP contribution in [0.3, 0.4) is 0 Å². The minimum Gasteiger partial charge on any atom is -0.277 e. The van der Waals surface area contributed by atoms with Crippen molar-refractivity contribution in [2.24, 2.45) is 0 Å². The van der Waals surface area contributed by atoms with E-state index in [4.69, 9.17) is 9.97 Å². The van der Waals surface area contributed by atoms with Crippen molar-refractivity contribution in [2.75, 3.05) is 0 Å². The molecule has 0 aliphatic carbocycles. The highest BCUT2D eigenvalue weighted by molar-refractivity contribution is 7.25. The minimum atomic E-state index is 0.645. The molecule has 0 spiro atoms. The van der Waals surface area contributed by atoms with Gasteiger partial charge in [0.15, 0.2) is 0 Å². The largest absolute Gasteiger partial charge is 0.277 e. The zero-order valence-corrected chi connectivity index (χ0v) is 33.3. The maximum atomic E-state index is 5.42. The average molecular weight is 782 g/mol. The smallest absolute Gasteiger partial charge is 0.235 e. The number of rotatable bonds is 6. The predicted octanol–water partition coefficient (Wildman–Crippen LogP) is 15.4. The van der Waals surface area contributed by atoms with Gasteiger partial charge in [-0.05, 0) is 81.4 Å². The van der Waals surface area contributed by atoms with Crippen LogP contribution in [-0.4, -0.2) is 14.5 Å². The fourth-order valence-corrected chi connectivity index (χ4v) is 10.2.